The molecule has 1 aromatic heterocycles. The van der Waals surface area contributed by atoms with Crippen molar-refractivity contribution in [2.45, 2.75) is 52.4 Å². The molecule has 1 atom stereocenters. The van der Waals surface area contributed by atoms with Crippen LogP contribution in [-0.2, 0) is 11.8 Å². The van der Waals surface area contributed by atoms with E-state index in [0.29, 0.717) is 5.41 Å². The lowest BCUT2D eigenvalue weighted by Gasteiger charge is -2.15. The summed E-state index contributed by atoms with van der Waals surface area (Å²) in [5.41, 5.74) is 0.306. The molecule has 98 valence electrons. The first-order valence-electron chi connectivity index (χ1n) is 6.67. The third-order valence-electron chi connectivity index (χ3n) is 3.17. The zero-order valence-corrected chi connectivity index (χ0v) is 12.8. The molecule has 0 fully saturated rings. The largest absolute Gasteiger partial charge is 0.320 e. The van der Waals surface area contributed by atoms with Crippen LogP contribution in [0, 0.1) is 5.92 Å². The predicted octanol–water partition coefficient (Wildman–Crippen LogP) is 4.22. The molecular formula is C15H27NS. The Balaban J connectivity index is 2.40. The highest BCUT2D eigenvalue weighted by Crippen LogP contribution is 2.30. The minimum atomic E-state index is 0.306. The monoisotopic (exact) mass is 253 g/mol. The van der Waals surface area contributed by atoms with Crippen LogP contribution in [0.2, 0.25) is 0 Å². The van der Waals surface area contributed by atoms with Gasteiger partial charge in [0.2, 0.25) is 0 Å². The van der Waals surface area contributed by atoms with Gasteiger partial charge in [-0.25, -0.2) is 0 Å². The molecule has 0 aromatic carbocycles. The van der Waals surface area contributed by atoms with Crippen molar-refractivity contribution in [3.63, 3.8) is 0 Å². The highest BCUT2D eigenvalue weighted by Gasteiger charge is 2.16. The van der Waals surface area contributed by atoms with E-state index in [9.17, 15) is 0 Å². The van der Waals surface area contributed by atoms with E-state index in [4.69, 9.17) is 0 Å². The average molecular weight is 253 g/mol. The quantitative estimate of drug-likeness (QED) is 0.800. The summed E-state index contributed by atoms with van der Waals surface area (Å²) >= 11 is 1.99. The highest BCUT2D eigenvalue weighted by atomic mass is 32.1. The fraction of sp³-hybridized carbons (Fsp3) is 0.733. The molecule has 0 aliphatic heterocycles. The summed E-state index contributed by atoms with van der Waals surface area (Å²) in [5.74, 6) is 0.822. The second-order valence-corrected chi connectivity index (χ2v) is 7.22. The van der Waals surface area contributed by atoms with Gasteiger partial charge in [-0.2, -0.15) is 0 Å². The second kappa shape index (κ2) is 6.55. The van der Waals surface area contributed by atoms with E-state index in [-0.39, 0.29) is 0 Å². The molecule has 0 radical (unpaired) electrons. The van der Waals surface area contributed by atoms with E-state index in [0.717, 1.165) is 12.5 Å². The molecule has 0 amide bonds. The van der Waals surface area contributed by atoms with Gasteiger partial charge in [0.05, 0.1) is 0 Å². The summed E-state index contributed by atoms with van der Waals surface area (Å²) in [6, 6.07) is 4.62. The Labute approximate surface area is 111 Å². The Morgan fingerprint density at radius 3 is 2.47 bits per heavy atom. The summed E-state index contributed by atoms with van der Waals surface area (Å²) < 4.78 is 0. The van der Waals surface area contributed by atoms with Gasteiger partial charge < -0.3 is 5.32 Å². The van der Waals surface area contributed by atoms with Crippen molar-refractivity contribution in [3.05, 3.63) is 21.9 Å². The van der Waals surface area contributed by atoms with Crippen molar-refractivity contribution in [2.24, 2.45) is 5.92 Å². The van der Waals surface area contributed by atoms with Crippen LogP contribution < -0.4 is 5.32 Å². The predicted molar refractivity (Wildman–Crippen MR) is 79.0 cm³/mol. The molecule has 1 nitrogen and oxygen atoms in total. The minimum Gasteiger partial charge on any atom is -0.320 e. The maximum absolute atomic E-state index is 3.22. The Kier molecular flexibility index (Phi) is 5.68. The Morgan fingerprint density at radius 2 is 1.94 bits per heavy atom. The van der Waals surface area contributed by atoms with Gasteiger partial charge in [0.15, 0.2) is 0 Å². The molecule has 0 aliphatic rings. The number of thiophene rings is 1. The van der Waals surface area contributed by atoms with E-state index in [1.54, 1.807) is 4.88 Å². The number of hydrogen-bond acceptors (Lipinski definition) is 2. The van der Waals surface area contributed by atoms with Crippen LogP contribution >= 0.6 is 11.3 Å². The van der Waals surface area contributed by atoms with Crippen LogP contribution in [0.1, 0.15) is 50.3 Å². The Hall–Kier alpha value is -0.340. The van der Waals surface area contributed by atoms with Gasteiger partial charge in [-0.1, -0.05) is 27.7 Å². The van der Waals surface area contributed by atoms with Crippen molar-refractivity contribution < 1.29 is 0 Å². The molecule has 17 heavy (non-hydrogen) atoms. The number of nitrogens with one attached hydrogen (secondary N) is 1. The normalized spacial score (nSPS) is 13.9. The lowest BCUT2D eigenvalue weighted by Crippen LogP contribution is -2.11. The van der Waals surface area contributed by atoms with E-state index < -0.39 is 0 Å². The smallest absolute Gasteiger partial charge is 0.0102 e. The van der Waals surface area contributed by atoms with Crippen LogP contribution in [0.5, 0.6) is 0 Å². The molecule has 1 unspecified atom stereocenters. The molecule has 1 rings (SSSR count). The van der Waals surface area contributed by atoms with Crippen molar-refractivity contribution in [1.82, 2.24) is 5.32 Å². The molecular weight excluding hydrogens is 226 g/mol. The first-order valence-corrected chi connectivity index (χ1v) is 7.49. The van der Waals surface area contributed by atoms with Gasteiger partial charge in [-0.3, -0.25) is 0 Å². The van der Waals surface area contributed by atoms with Crippen molar-refractivity contribution >= 4 is 11.3 Å². The van der Waals surface area contributed by atoms with Gasteiger partial charge in [-0.05, 0) is 56.3 Å². The minimum absolute atomic E-state index is 0.306. The second-order valence-electron chi connectivity index (χ2n) is 6.05. The maximum Gasteiger partial charge on any atom is 0.0102 e. The molecule has 2 heteroatoms. The molecule has 1 aromatic rings. The number of aryl methyl sites for hydroxylation is 1. The van der Waals surface area contributed by atoms with Crippen LogP contribution in [0.25, 0.3) is 0 Å². The molecule has 0 saturated heterocycles. The standard InChI is InChI=1S/C15H27NS/c1-12(10-11-16-5)6-7-13-8-9-14(17-13)15(2,3)4/h8-9,12,16H,6-7,10-11H2,1-5H3. The molecule has 0 aliphatic carbocycles. The van der Waals surface area contributed by atoms with Crippen LogP contribution in [0.15, 0.2) is 12.1 Å². The van der Waals surface area contributed by atoms with Crippen molar-refractivity contribution in [2.75, 3.05) is 13.6 Å². The summed E-state index contributed by atoms with van der Waals surface area (Å²) in [4.78, 5) is 3.06. The van der Waals surface area contributed by atoms with Gasteiger partial charge in [0.1, 0.15) is 0 Å². The zero-order valence-electron chi connectivity index (χ0n) is 12.0. The third kappa shape index (κ3) is 5.22. The van der Waals surface area contributed by atoms with Crippen LogP contribution in [0.3, 0.4) is 0 Å². The number of rotatable bonds is 6. The van der Waals surface area contributed by atoms with Gasteiger partial charge in [-0.15, -0.1) is 11.3 Å². The Bertz CT molecular complexity index is 322. The molecule has 1 N–H and O–H groups in total. The molecule has 1 heterocycles. The van der Waals surface area contributed by atoms with E-state index in [1.165, 1.54) is 24.1 Å². The third-order valence-corrected chi connectivity index (χ3v) is 4.74. The van der Waals surface area contributed by atoms with Gasteiger partial charge >= 0.3 is 0 Å². The topological polar surface area (TPSA) is 12.0 Å². The first kappa shape index (κ1) is 14.7. The molecule has 0 spiro atoms. The summed E-state index contributed by atoms with van der Waals surface area (Å²) in [6.07, 6.45) is 3.84. The molecule has 0 bridgehead atoms. The average Bonchev–Trinajstić information content (AvgIpc) is 2.71. The lowest BCUT2D eigenvalue weighted by atomic mass is 9.95. The van der Waals surface area contributed by atoms with Crippen LogP contribution in [0.4, 0.5) is 0 Å². The SMILES string of the molecule is CNCCC(C)CCc1ccc(C(C)(C)C)s1. The number of hydrogen-bond donors (Lipinski definition) is 1. The lowest BCUT2D eigenvalue weighted by molar-refractivity contribution is 0.483. The summed E-state index contributed by atoms with van der Waals surface area (Å²) in [7, 11) is 2.03. The fourth-order valence-corrected chi connectivity index (χ4v) is 2.92. The molecule has 0 saturated carbocycles. The maximum atomic E-state index is 3.22. The van der Waals surface area contributed by atoms with Gasteiger partial charge in [0, 0.05) is 9.75 Å². The summed E-state index contributed by atoms with van der Waals surface area (Å²) in [5, 5.41) is 3.22. The summed E-state index contributed by atoms with van der Waals surface area (Å²) in [6.45, 7) is 10.4. The van der Waals surface area contributed by atoms with Crippen LogP contribution in [-0.4, -0.2) is 13.6 Å². The Morgan fingerprint density at radius 1 is 1.24 bits per heavy atom. The van der Waals surface area contributed by atoms with E-state index >= 15 is 0 Å². The first-order chi connectivity index (χ1) is 7.93. The fourth-order valence-electron chi connectivity index (χ4n) is 1.84. The van der Waals surface area contributed by atoms with Crippen molar-refractivity contribution in [3.8, 4) is 0 Å². The van der Waals surface area contributed by atoms with Crippen molar-refractivity contribution in [1.29, 1.82) is 0 Å². The highest BCUT2D eigenvalue weighted by molar-refractivity contribution is 7.12. The van der Waals surface area contributed by atoms with Gasteiger partial charge in [0.25, 0.3) is 0 Å². The zero-order chi connectivity index (χ0) is 12.9. The van der Waals surface area contributed by atoms with E-state index in [1.807, 2.05) is 18.4 Å². The van der Waals surface area contributed by atoms with E-state index in [2.05, 4.69) is 45.1 Å².